The van der Waals surface area contributed by atoms with Gasteiger partial charge >= 0.3 is 0 Å². The van der Waals surface area contributed by atoms with Gasteiger partial charge in [0.2, 0.25) is 5.91 Å². The molecule has 0 aromatic heterocycles. The summed E-state index contributed by atoms with van der Waals surface area (Å²) in [5, 5.41) is 0. The number of hydrogen-bond donors (Lipinski definition) is 1. The van der Waals surface area contributed by atoms with E-state index in [0.717, 1.165) is 38.4 Å². The second-order valence-electron chi connectivity index (χ2n) is 5.17. The average molecular weight is 300 g/mol. The first kappa shape index (κ1) is 20.3. The minimum atomic E-state index is -0.0228. The Bertz CT molecular complexity index is 231. The smallest absolute Gasteiger partial charge is 0.226 e. The summed E-state index contributed by atoms with van der Waals surface area (Å²) in [6.45, 7) is 5.31. The van der Waals surface area contributed by atoms with Crippen molar-refractivity contribution in [1.29, 1.82) is 0 Å². The van der Waals surface area contributed by atoms with Crippen LogP contribution in [0.1, 0.15) is 19.8 Å². The minimum absolute atomic E-state index is 0. The second-order valence-corrected chi connectivity index (χ2v) is 5.17. The van der Waals surface area contributed by atoms with Crippen LogP contribution in [-0.4, -0.2) is 56.0 Å². The van der Waals surface area contributed by atoms with Crippen LogP contribution in [0.3, 0.4) is 0 Å². The molecule has 1 rings (SSSR count). The zero-order chi connectivity index (χ0) is 12.1. The Morgan fingerprint density at radius 2 is 1.83 bits per heavy atom. The van der Waals surface area contributed by atoms with Crippen molar-refractivity contribution in [3.8, 4) is 0 Å². The first-order chi connectivity index (χ1) is 7.54. The maximum Gasteiger partial charge on any atom is 0.226 e. The highest BCUT2D eigenvalue weighted by molar-refractivity contribution is 5.85. The standard InChI is InChI=1S/C12H25N3O.2ClH/c1-10(8-13)12(16)15-6-4-11(5-7-15)9-14(2)3;;/h10-11H,4-9,13H2,1-3H3;2*1H. The van der Waals surface area contributed by atoms with Crippen molar-refractivity contribution in [2.45, 2.75) is 19.8 Å². The lowest BCUT2D eigenvalue weighted by molar-refractivity contribution is -0.136. The molecular formula is C12H27Cl2N3O. The fraction of sp³-hybridized carbons (Fsp3) is 0.917. The summed E-state index contributed by atoms with van der Waals surface area (Å²) in [6.07, 6.45) is 2.25. The summed E-state index contributed by atoms with van der Waals surface area (Å²) < 4.78 is 0. The van der Waals surface area contributed by atoms with Gasteiger partial charge in [-0.3, -0.25) is 4.79 Å². The molecule has 1 saturated heterocycles. The Labute approximate surface area is 123 Å². The molecule has 18 heavy (non-hydrogen) atoms. The van der Waals surface area contributed by atoms with Gasteiger partial charge in [0.25, 0.3) is 0 Å². The Morgan fingerprint density at radius 1 is 1.33 bits per heavy atom. The summed E-state index contributed by atoms with van der Waals surface area (Å²) in [6, 6.07) is 0. The van der Waals surface area contributed by atoms with E-state index in [1.165, 1.54) is 0 Å². The maximum absolute atomic E-state index is 11.9. The summed E-state index contributed by atoms with van der Waals surface area (Å²) in [5.41, 5.74) is 5.52. The molecule has 1 atom stereocenters. The molecule has 1 heterocycles. The fourth-order valence-electron chi connectivity index (χ4n) is 2.26. The van der Waals surface area contributed by atoms with Crippen molar-refractivity contribution in [1.82, 2.24) is 9.80 Å². The Balaban J connectivity index is 0. The Kier molecular flexibility index (Phi) is 11.1. The third kappa shape index (κ3) is 6.23. The van der Waals surface area contributed by atoms with Gasteiger partial charge in [-0.05, 0) is 32.9 Å². The summed E-state index contributed by atoms with van der Waals surface area (Å²) in [7, 11) is 4.21. The van der Waals surface area contributed by atoms with Crippen LogP contribution in [0.25, 0.3) is 0 Å². The predicted molar refractivity (Wildman–Crippen MR) is 80.6 cm³/mol. The lowest BCUT2D eigenvalue weighted by Gasteiger charge is -2.34. The van der Waals surface area contributed by atoms with Crippen molar-refractivity contribution in [2.75, 3.05) is 40.3 Å². The quantitative estimate of drug-likeness (QED) is 0.849. The van der Waals surface area contributed by atoms with E-state index in [2.05, 4.69) is 19.0 Å². The Morgan fingerprint density at radius 3 is 2.22 bits per heavy atom. The number of nitrogens with two attached hydrogens (primary N) is 1. The van der Waals surface area contributed by atoms with E-state index in [1.54, 1.807) is 0 Å². The van der Waals surface area contributed by atoms with Gasteiger partial charge in [0, 0.05) is 32.1 Å². The molecule has 0 aromatic carbocycles. The number of carbonyl (C=O) groups excluding carboxylic acids is 1. The zero-order valence-corrected chi connectivity index (χ0v) is 13.2. The number of likely N-dealkylation sites (tertiary alicyclic amines) is 1. The molecule has 0 bridgehead atoms. The lowest BCUT2D eigenvalue weighted by atomic mass is 9.95. The van der Waals surface area contributed by atoms with E-state index in [4.69, 9.17) is 5.73 Å². The molecular weight excluding hydrogens is 273 g/mol. The van der Waals surface area contributed by atoms with E-state index in [1.807, 2.05) is 11.8 Å². The molecule has 0 spiro atoms. The van der Waals surface area contributed by atoms with Crippen molar-refractivity contribution >= 4 is 30.7 Å². The second kappa shape index (κ2) is 9.84. The fourth-order valence-corrected chi connectivity index (χ4v) is 2.26. The molecule has 0 radical (unpaired) electrons. The molecule has 1 aliphatic rings. The van der Waals surface area contributed by atoms with Gasteiger partial charge in [0.05, 0.1) is 0 Å². The summed E-state index contributed by atoms with van der Waals surface area (Å²) in [5.74, 6) is 0.948. The topological polar surface area (TPSA) is 49.6 Å². The van der Waals surface area contributed by atoms with Crippen LogP contribution < -0.4 is 5.73 Å². The van der Waals surface area contributed by atoms with Gasteiger partial charge in [-0.2, -0.15) is 0 Å². The highest BCUT2D eigenvalue weighted by Crippen LogP contribution is 2.19. The molecule has 110 valence electrons. The van der Waals surface area contributed by atoms with Crippen LogP contribution in [0.5, 0.6) is 0 Å². The van der Waals surface area contributed by atoms with Crippen LogP contribution in [0.4, 0.5) is 0 Å². The molecule has 0 aliphatic carbocycles. The van der Waals surface area contributed by atoms with Crippen LogP contribution in [0.2, 0.25) is 0 Å². The summed E-state index contributed by atoms with van der Waals surface area (Å²) in [4.78, 5) is 16.1. The number of rotatable bonds is 4. The number of hydrogen-bond acceptors (Lipinski definition) is 3. The van der Waals surface area contributed by atoms with Crippen molar-refractivity contribution in [3.63, 3.8) is 0 Å². The largest absolute Gasteiger partial charge is 0.342 e. The van der Waals surface area contributed by atoms with Crippen molar-refractivity contribution < 1.29 is 4.79 Å². The zero-order valence-electron chi connectivity index (χ0n) is 11.6. The van der Waals surface area contributed by atoms with Gasteiger partial charge in [-0.15, -0.1) is 24.8 Å². The number of carbonyl (C=O) groups is 1. The molecule has 1 amide bonds. The average Bonchev–Trinajstić information content (AvgIpc) is 2.27. The van der Waals surface area contributed by atoms with Crippen LogP contribution in [0, 0.1) is 11.8 Å². The Hall–Kier alpha value is -0.0300. The normalized spacial score (nSPS) is 17.9. The molecule has 2 N–H and O–H groups in total. The monoisotopic (exact) mass is 299 g/mol. The van der Waals surface area contributed by atoms with Gasteiger partial charge in [-0.25, -0.2) is 0 Å². The molecule has 0 saturated carbocycles. The third-order valence-electron chi connectivity index (χ3n) is 3.32. The van der Waals surface area contributed by atoms with Crippen LogP contribution in [-0.2, 0) is 4.79 Å². The van der Waals surface area contributed by atoms with Crippen molar-refractivity contribution in [2.24, 2.45) is 17.6 Å². The summed E-state index contributed by atoms with van der Waals surface area (Å²) >= 11 is 0. The molecule has 1 unspecified atom stereocenters. The van der Waals surface area contributed by atoms with Gasteiger partial charge in [0.15, 0.2) is 0 Å². The van der Waals surface area contributed by atoms with Gasteiger partial charge in [0.1, 0.15) is 0 Å². The van der Waals surface area contributed by atoms with Crippen LogP contribution >= 0.6 is 24.8 Å². The highest BCUT2D eigenvalue weighted by Gasteiger charge is 2.25. The number of halogens is 2. The molecule has 4 nitrogen and oxygen atoms in total. The van der Waals surface area contributed by atoms with E-state index < -0.39 is 0 Å². The third-order valence-corrected chi connectivity index (χ3v) is 3.32. The van der Waals surface area contributed by atoms with E-state index in [-0.39, 0.29) is 36.6 Å². The maximum atomic E-state index is 11.9. The molecule has 1 fully saturated rings. The highest BCUT2D eigenvalue weighted by atomic mass is 35.5. The molecule has 1 aliphatic heterocycles. The lowest BCUT2D eigenvalue weighted by Crippen LogP contribution is -2.44. The van der Waals surface area contributed by atoms with Crippen LogP contribution in [0.15, 0.2) is 0 Å². The number of nitrogens with zero attached hydrogens (tertiary/aromatic N) is 2. The van der Waals surface area contributed by atoms with Gasteiger partial charge in [-0.1, -0.05) is 6.92 Å². The molecule has 0 aromatic rings. The van der Waals surface area contributed by atoms with Gasteiger partial charge < -0.3 is 15.5 Å². The van der Waals surface area contributed by atoms with E-state index >= 15 is 0 Å². The number of piperidine rings is 1. The molecule has 6 heteroatoms. The minimum Gasteiger partial charge on any atom is -0.342 e. The van der Waals surface area contributed by atoms with E-state index in [9.17, 15) is 4.79 Å². The van der Waals surface area contributed by atoms with Crippen molar-refractivity contribution in [3.05, 3.63) is 0 Å². The first-order valence-electron chi connectivity index (χ1n) is 6.18. The number of amides is 1. The van der Waals surface area contributed by atoms with E-state index in [0.29, 0.717) is 6.54 Å². The SMILES string of the molecule is CC(CN)C(=O)N1CCC(CN(C)C)CC1.Cl.Cl. The predicted octanol–water partition coefficient (Wildman–Crippen LogP) is 1.22. The first-order valence-corrected chi connectivity index (χ1v) is 6.18.